The molecule has 0 aliphatic carbocycles. The van der Waals surface area contributed by atoms with Gasteiger partial charge in [0, 0.05) is 0 Å². The van der Waals surface area contributed by atoms with E-state index in [2.05, 4.69) is 6.92 Å². The van der Waals surface area contributed by atoms with E-state index in [-0.39, 0.29) is 0 Å². The number of hydrogen-bond donors (Lipinski definition) is 0. The van der Waals surface area contributed by atoms with E-state index in [0.29, 0.717) is 0 Å². The zero-order valence-electron chi connectivity index (χ0n) is 7.22. The van der Waals surface area contributed by atoms with E-state index in [0.717, 1.165) is 19.3 Å². The topological polar surface area (TPSA) is 34.1 Å². The van der Waals surface area contributed by atoms with Gasteiger partial charge >= 0.3 is 0 Å². The Morgan fingerprint density at radius 1 is 1.36 bits per heavy atom. The normalized spacial score (nSPS) is 13.5. The zero-order chi connectivity index (χ0) is 9.12. The lowest BCUT2D eigenvalue weighted by Gasteiger charge is -2.20. The maximum absolute atomic E-state index is 11.1. The SMILES string of the molecule is CCCCC(C)(C)S(=O)(=O)I. The first-order chi connectivity index (χ1) is 4.81. The Morgan fingerprint density at radius 3 is 2.09 bits per heavy atom. The fourth-order valence-corrected chi connectivity index (χ4v) is 1.77. The number of rotatable bonds is 4. The van der Waals surface area contributed by atoms with Gasteiger partial charge in [0.05, 0.1) is 26.0 Å². The molecule has 0 fully saturated rings. The van der Waals surface area contributed by atoms with Crippen molar-refractivity contribution >= 4 is 28.2 Å². The van der Waals surface area contributed by atoms with Crippen LogP contribution in [0.15, 0.2) is 0 Å². The first-order valence-electron chi connectivity index (χ1n) is 3.75. The maximum Gasteiger partial charge on any atom is 0.208 e. The van der Waals surface area contributed by atoms with Gasteiger partial charge < -0.3 is 0 Å². The predicted octanol–water partition coefficient (Wildman–Crippen LogP) is 2.72. The highest BCUT2D eigenvalue weighted by molar-refractivity contribution is 14.2. The molecule has 0 amide bonds. The average molecular weight is 290 g/mol. The molecule has 11 heavy (non-hydrogen) atoms. The second kappa shape index (κ2) is 4.07. The Balaban J connectivity index is 4.24. The van der Waals surface area contributed by atoms with E-state index in [1.165, 1.54) is 21.2 Å². The van der Waals surface area contributed by atoms with Crippen LogP contribution in [0.4, 0.5) is 0 Å². The highest BCUT2D eigenvalue weighted by Gasteiger charge is 2.30. The van der Waals surface area contributed by atoms with Crippen LogP contribution >= 0.6 is 21.2 Å². The Hall–Kier alpha value is 0.680. The van der Waals surface area contributed by atoms with Gasteiger partial charge in [0.2, 0.25) is 7.01 Å². The lowest BCUT2D eigenvalue weighted by Crippen LogP contribution is -2.26. The first-order valence-corrected chi connectivity index (χ1v) is 7.78. The quantitative estimate of drug-likeness (QED) is 0.589. The molecule has 2 nitrogen and oxygen atoms in total. The van der Waals surface area contributed by atoms with Crippen molar-refractivity contribution in [3.05, 3.63) is 0 Å². The van der Waals surface area contributed by atoms with Crippen molar-refractivity contribution in [1.82, 2.24) is 0 Å². The van der Waals surface area contributed by atoms with E-state index in [1.807, 2.05) is 0 Å². The van der Waals surface area contributed by atoms with Gasteiger partial charge in [-0.3, -0.25) is 0 Å². The van der Waals surface area contributed by atoms with Crippen molar-refractivity contribution < 1.29 is 8.42 Å². The van der Waals surface area contributed by atoms with Crippen molar-refractivity contribution in [2.24, 2.45) is 0 Å². The predicted molar refractivity (Wildman–Crippen MR) is 56.5 cm³/mol. The average Bonchev–Trinajstić information content (AvgIpc) is 1.81. The summed E-state index contributed by atoms with van der Waals surface area (Å²) in [5.41, 5.74) is 0. The molecule has 0 bridgehead atoms. The largest absolute Gasteiger partial charge is 0.218 e. The van der Waals surface area contributed by atoms with Crippen LogP contribution in [0.25, 0.3) is 0 Å². The molecule has 0 unspecified atom stereocenters. The van der Waals surface area contributed by atoms with Crippen LogP contribution in [0, 0.1) is 0 Å². The van der Waals surface area contributed by atoms with Gasteiger partial charge in [-0.15, -0.1) is 0 Å². The lowest BCUT2D eigenvalue weighted by molar-refractivity contribution is 0.528. The summed E-state index contributed by atoms with van der Waals surface area (Å²) in [5, 5.41) is 0. The van der Waals surface area contributed by atoms with Gasteiger partial charge in [0.25, 0.3) is 0 Å². The standard InChI is InChI=1S/C7H15IO2S/c1-4-5-6-7(2,3)11(8,9)10/h4-6H2,1-3H3. The molecule has 0 aliphatic rings. The van der Waals surface area contributed by atoms with Gasteiger partial charge in [0.1, 0.15) is 0 Å². The highest BCUT2D eigenvalue weighted by atomic mass is 127. The van der Waals surface area contributed by atoms with Crippen molar-refractivity contribution in [2.45, 2.75) is 44.8 Å². The number of unbranched alkanes of at least 4 members (excludes halogenated alkanes) is 1. The fourth-order valence-electron chi connectivity index (χ4n) is 0.724. The Labute approximate surface area is 81.3 Å². The second-order valence-electron chi connectivity index (χ2n) is 3.30. The summed E-state index contributed by atoms with van der Waals surface area (Å²) in [4.78, 5) is 0. The van der Waals surface area contributed by atoms with E-state index in [9.17, 15) is 8.42 Å². The van der Waals surface area contributed by atoms with Crippen LogP contribution in [0.5, 0.6) is 0 Å². The van der Waals surface area contributed by atoms with Gasteiger partial charge in [-0.05, 0) is 20.3 Å². The summed E-state index contributed by atoms with van der Waals surface area (Å²) in [5.74, 6) is 0. The molecule has 0 rings (SSSR count). The lowest BCUT2D eigenvalue weighted by atomic mass is 10.1. The van der Waals surface area contributed by atoms with Crippen LogP contribution < -0.4 is 0 Å². The second-order valence-corrected chi connectivity index (χ2v) is 8.76. The number of hydrogen-bond acceptors (Lipinski definition) is 2. The molecule has 0 spiro atoms. The van der Waals surface area contributed by atoms with Crippen molar-refractivity contribution in [3.8, 4) is 0 Å². The maximum atomic E-state index is 11.1. The molecule has 0 aromatic heterocycles. The Kier molecular flexibility index (Phi) is 4.32. The van der Waals surface area contributed by atoms with E-state index < -0.39 is 11.8 Å². The van der Waals surface area contributed by atoms with Crippen molar-refractivity contribution in [3.63, 3.8) is 0 Å². The summed E-state index contributed by atoms with van der Waals surface area (Å²) >= 11 is 1.53. The third-order valence-corrected chi connectivity index (χ3v) is 6.89. The summed E-state index contributed by atoms with van der Waals surface area (Å²) in [6.07, 6.45) is 2.79. The van der Waals surface area contributed by atoms with Gasteiger partial charge in [0.15, 0.2) is 0 Å². The minimum absolute atomic E-state index is 0.552. The molecule has 0 radical (unpaired) electrons. The molecular weight excluding hydrogens is 275 g/mol. The molecule has 0 aromatic rings. The highest BCUT2D eigenvalue weighted by Crippen LogP contribution is 2.28. The van der Waals surface area contributed by atoms with Crippen LogP contribution in [-0.4, -0.2) is 13.2 Å². The van der Waals surface area contributed by atoms with Crippen LogP contribution in [0.3, 0.4) is 0 Å². The fraction of sp³-hybridized carbons (Fsp3) is 1.00. The zero-order valence-corrected chi connectivity index (χ0v) is 10.2. The Bertz CT molecular complexity index is 206. The summed E-state index contributed by atoms with van der Waals surface area (Å²) in [7, 11) is -2.90. The summed E-state index contributed by atoms with van der Waals surface area (Å²) < 4.78 is 21.7. The molecule has 0 saturated carbocycles. The van der Waals surface area contributed by atoms with E-state index >= 15 is 0 Å². The first kappa shape index (κ1) is 11.7. The minimum atomic E-state index is -2.90. The Morgan fingerprint density at radius 2 is 1.82 bits per heavy atom. The van der Waals surface area contributed by atoms with Gasteiger partial charge in [-0.2, -0.15) is 0 Å². The third kappa shape index (κ3) is 3.73. The van der Waals surface area contributed by atoms with Crippen molar-refractivity contribution in [2.75, 3.05) is 0 Å². The minimum Gasteiger partial charge on any atom is -0.218 e. The van der Waals surface area contributed by atoms with Crippen LogP contribution in [0.1, 0.15) is 40.0 Å². The molecule has 0 atom stereocenters. The summed E-state index contributed by atoms with van der Waals surface area (Å²) in [6.45, 7) is 5.63. The van der Waals surface area contributed by atoms with E-state index in [4.69, 9.17) is 0 Å². The molecule has 0 aliphatic heterocycles. The van der Waals surface area contributed by atoms with Gasteiger partial charge in [-0.1, -0.05) is 19.8 Å². The van der Waals surface area contributed by atoms with Crippen molar-refractivity contribution in [1.29, 1.82) is 0 Å². The molecule has 0 aromatic carbocycles. The molecule has 0 saturated heterocycles. The third-order valence-electron chi connectivity index (χ3n) is 1.79. The molecule has 0 heterocycles. The van der Waals surface area contributed by atoms with Gasteiger partial charge in [-0.25, -0.2) is 8.42 Å². The number of halogens is 1. The van der Waals surface area contributed by atoms with E-state index in [1.54, 1.807) is 13.8 Å². The molecule has 4 heteroatoms. The monoisotopic (exact) mass is 290 g/mol. The smallest absolute Gasteiger partial charge is 0.208 e. The van der Waals surface area contributed by atoms with Crippen LogP contribution in [-0.2, 0) is 7.01 Å². The van der Waals surface area contributed by atoms with Crippen LogP contribution in [0.2, 0.25) is 0 Å². The molecular formula is C7H15IO2S. The molecule has 68 valence electrons. The summed E-state index contributed by atoms with van der Waals surface area (Å²) in [6, 6.07) is 0. The molecule has 0 N–H and O–H groups in total.